The average molecular weight is 315 g/mol. The minimum Gasteiger partial charge on any atom is -0.491 e. The Kier molecular flexibility index (Phi) is 8.12. The van der Waals surface area contributed by atoms with E-state index in [-0.39, 0.29) is 24.4 Å². The van der Waals surface area contributed by atoms with Crippen LogP contribution in [0.3, 0.4) is 0 Å². The molecule has 1 amide bonds. The highest BCUT2D eigenvalue weighted by Gasteiger charge is 2.14. The number of benzene rings is 1. The number of ether oxygens (including phenoxy) is 2. The molecule has 1 saturated heterocycles. The number of likely N-dealkylation sites (N-methyl/N-ethyl adjacent to an activating group) is 1. The summed E-state index contributed by atoms with van der Waals surface area (Å²) in [4.78, 5) is 11.4. The molecule has 0 bridgehead atoms. The molecule has 0 spiro atoms. The molecule has 1 aliphatic rings. The fourth-order valence-electron chi connectivity index (χ4n) is 2.13. The molecule has 1 aromatic carbocycles. The predicted octanol–water partition coefficient (Wildman–Crippen LogP) is 2.21. The maximum absolute atomic E-state index is 11.4. The molecule has 2 N–H and O–H groups in total. The van der Waals surface area contributed by atoms with Crippen molar-refractivity contribution in [3.8, 4) is 5.75 Å². The lowest BCUT2D eigenvalue weighted by atomic mass is 10.1. The molecule has 1 fully saturated rings. The summed E-state index contributed by atoms with van der Waals surface area (Å²) in [5, 5.41) is 5.60. The smallest absolute Gasteiger partial charge is 0.238 e. The Morgan fingerprint density at radius 2 is 2.10 bits per heavy atom. The standard InChI is InChI=1S/C15H22N2O3.ClH/c1-16-10-15(18)17-12-5-7-13(8-6-12)20-11-14-4-2-3-9-19-14;/h5-8,14,16H,2-4,9-11H2,1H3,(H,17,18);1H. The van der Waals surface area contributed by atoms with E-state index in [4.69, 9.17) is 9.47 Å². The van der Waals surface area contributed by atoms with E-state index in [1.807, 2.05) is 24.3 Å². The van der Waals surface area contributed by atoms with Crippen molar-refractivity contribution in [3.63, 3.8) is 0 Å². The summed E-state index contributed by atoms with van der Waals surface area (Å²) in [5.41, 5.74) is 0.770. The van der Waals surface area contributed by atoms with Gasteiger partial charge in [0.15, 0.2) is 0 Å². The summed E-state index contributed by atoms with van der Waals surface area (Å²) in [6.07, 6.45) is 3.64. The molecule has 6 heteroatoms. The third-order valence-corrected chi connectivity index (χ3v) is 3.19. The van der Waals surface area contributed by atoms with Crippen LogP contribution in [0.1, 0.15) is 19.3 Å². The second-order valence-electron chi connectivity index (χ2n) is 4.90. The van der Waals surface area contributed by atoms with E-state index in [0.717, 1.165) is 30.9 Å². The van der Waals surface area contributed by atoms with Gasteiger partial charge in [-0.15, -0.1) is 12.4 Å². The Morgan fingerprint density at radius 3 is 2.71 bits per heavy atom. The van der Waals surface area contributed by atoms with E-state index < -0.39 is 0 Å². The van der Waals surface area contributed by atoms with Crippen LogP contribution in [0.25, 0.3) is 0 Å². The topological polar surface area (TPSA) is 59.6 Å². The first-order chi connectivity index (χ1) is 9.78. The Hall–Kier alpha value is -1.30. The van der Waals surface area contributed by atoms with Crippen LogP contribution >= 0.6 is 12.4 Å². The fraction of sp³-hybridized carbons (Fsp3) is 0.533. The van der Waals surface area contributed by atoms with E-state index in [1.165, 1.54) is 6.42 Å². The van der Waals surface area contributed by atoms with E-state index in [9.17, 15) is 4.79 Å². The SMILES string of the molecule is CNCC(=O)Nc1ccc(OCC2CCCCO2)cc1.Cl. The molecule has 1 atom stereocenters. The van der Waals surface area contributed by atoms with Gasteiger partial charge in [-0.2, -0.15) is 0 Å². The zero-order valence-corrected chi connectivity index (χ0v) is 13.1. The van der Waals surface area contributed by atoms with Crippen molar-refractivity contribution in [2.75, 3.05) is 32.1 Å². The molecule has 1 aliphatic heterocycles. The normalized spacial score (nSPS) is 17.7. The Labute approximate surface area is 131 Å². The van der Waals surface area contributed by atoms with Crippen LogP contribution in [0.15, 0.2) is 24.3 Å². The minimum atomic E-state index is -0.0585. The predicted molar refractivity (Wildman–Crippen MR) is 85.3 cm³/mol. The van der Waals surface area contributed by atoms with Crippen molar-refractivity contribution >= 4 is 24.0 Å². The monoisotopic (exact) mass is 314 g/mol. The Balaban J connectivity index is 0.00000220. The van der Waals surface area contributed by atoms with Crippen LogP contribution < -0.4 is 15.4 Å². The first kappa shape index (κ1) is 17.8. The average Bonchev–Trinajstić information content (AvgIpc) is 2.48. The van der Waals surface area contributed by atoms with Gasteiger partial charge < -0.3 is 20.1 Å². The summed E-state index contributed by atoms with van der Waals surface area (Å²) < 4.78 is 11.3. The summed E-state index contributed by atoms with van der Waals surface area (Å²) >= 11 is 0. The number of anilines is 1. The van der Waals surface area contributed by atoms with Crippen LogP contribution in [0, 0.1) is 0 Å². The van der Waals surface area contributed by atoms with Crippen molar-refractivity contribution in [2.24, 2.45) is 0 Å². The fourth-order valence-corrected chi connectivity index (χ4v) is 2.13. The molecule has 0 saturated carbocycles. The number of amides is 1. The van der Waals surface area contributed by atoms with Gasteiger partial charge in [-0.1, -0.05) is 0 Å². The minimum absolute atomic E-state index is 0. The second-order valence-corrected chi connectivity index (χ2v) is 4.90. The number of rotatable bonds is 6. The molecule has 1 unspecified atom stereocenters. The van der Waals surface area contributed by atoms with Crippen LogP contribution in [0.2, 0.25) is 0 Å². The summed E-state index contributed by atoms with van der Waals surface area (Å²) in [6.45, 7) is 1.73. The number of nitrogens with one attached hydrogen (secondary N) is 2. The van der Waals surface area contributed by atoms with Gasteiger partial charge in [0.25, 0.3) is 0 Å². The molecule has 21 heavy (non-hydrogen) atoms. The Morgan fingerprint density at radius 1 is 1.33 bits per heavy atom. The maximum atomic E-state index is 11.4. The lowest BCUT2D eigenvalue weighted by Crippen LogP contribution is -2.26. The van der Waals surface area contributed by atoms with Crippen molar-refractivity contribution in [3.05, 3.63) is 24.3 Å². The highest BCUT2D eigenvalue weighted by molar-refractivity contribution is 5.92. The van der Waals surface area contributed by atoms with Gasteiger partial charge in [-0.05, 0) is 50.6 Å². The zero-order chi connectivity index (χ0) is 14.2. The molecule has 5 nitrogen and oxygen atoms in total. The van der Waals surface area contributed by atoms with Gasteiger partial charge >= 0.3 is 0 Å². The number of hydrogen-bond acceptors (Lipinski definition) is 4. The van der Waals surface area contributed by atoms with Crippen molar-refractivity contribution in [2.45, 2.75) is 25.4 Å². The van der Waals surface area contributed by atoms with E-state index in [0.29, 0.717) is 13.2 Å². The third kappa shape index (κ3) is 6.33. The highest BCUT2D eigenvalue weighted by atomic mass is 35.5. The first-order valence-electron chi connectivity index (χ1n) is 7.07. The van der Waals surface area contributed by atoms with Crippen LogP contribution in [0.5, 0.6) is 5.75 Å². The first-order valence-corrected chi connectivity index (χ1v) is 7.07. The van der Waals surface area contributed by atoms with Crippen LogP contribution in [0.4, 0.5) is 5.69 Å². The van der Waals surface area contributed by atoms with Gasteiger partial charge in [0.2, 0.25) is 5.91 Å². The maximum Gasteiger partial charge on any atom is 0.238 e. The largest absolute Gasteiger partial charge is 0.491 e. The van der Waals surface area contributed by atoms with Gasteiger partial charge in [0.1, 0.15) is 12.4 Å². The van der Waals surface area contributed by atoms with Crippen molar-refractivity contribution in [1.29, 1.82) is 0 Å². The second kappa shape index (κ2) is 9.60. The van der Waals surface area contributed by atoms with E-state index in [1.54, 1.807) is 7.05 Å². The molecule has 118 valence electrons. The molecular formula is C15H23ClN2O3. The van der Waals surface area contributed by atoms with Crippen molar-refractivity contribution < 1.29 is 14.3 Å². The van der Waals surface area contributed by atoms with Gasteiger partial charge in [0.05, 0.1) is 12.6 Å². The molecule has 0 aliphatic carbocycles. The van der Waals surface area contributed by atoms with Crippen LogP contribution in [-0.2, 0) is 9.53 Å². The summed E-state index contributed by atoms with van der Waals surface area (Å²) in [7, 11) is 1.74. The third-order valence-electron chi connectivity index (χ3n) is 3.19. The van der Waals surface area contributed by atoms with Crippen LogP contribution in [-0.4, -0.2) is 38.8 Å². The molecule has 0 aromatic heterocycles. The molecule has 2 rings (SSSR count). The number of carbonyl (C=O) groups excluding carboxylic acids is 1. The van der Waals surface area contributed by atoms with E-state index in [2.05, 4.69) is 10.6 Å². The molecule has 0 radical (unpaired) electrons. The molecule has 1 heterocycles. The van der Waals surface area contributed by atoms with E-state index >= 15 is 0 Å². The number of halogens is 1. The number of carbonyl (C=O) groups is 1. The quantitative estimate of drug-likeness (QED) is 0.845. The molecule has 1 aromatic rings. The zero-order valence-electron chi connectivity index (χ0n) is 12.3. The highest BCUT2D eigenvalue weighted by Crippen LogP contribution is 2.18. The Bertz CT molecular complexity index is 419. The lowest BCUT2D eigenvalue weighted by molar-refractivity contribution is -0.115. The van der Waals surface area contributed by atoms with Gasteiger partial charge in [-0.3, -0.25) is 4.79 Å². The van der Waals surface area contributed by atoms with Crippen molar-refractivity contribution in [1.82, 2.24) is 5.32 Å². The van der Waals surface area contributed by atoms with Gasteiger partial charge in [0, 0.05) is 12.3 Å². The summed E-state index contributed by atoms with van der Waals surface area (Å²) in [5.74, 6) is 0.738. The van der Waals surface area contributed by atoms with Gasteiger partial charge in [-0.25, -0.2) is 0 Å². The number of hydrogen-bond donors (Lipinski definition) is 2. The lowest BCUT2D eigenvalue weighted by Gasteiger charge is -2.22. The molecular weight excluding hydrogens is 292 g/mol. The summed E-state index contributed by atoms with van der Waals surface area (Å²) in [6, 6.07) is 7.39.